The fourth-order valence-electron chi connectivity index (χ4n) is 1.60. The Balaban J connectivity index is 2.42. The largest absolute Gasteiger partial charge is 0.146 e. The molecule has 0 amide bonds. The van der Waals surface area contributed by atoms with Crippen LogP contribution in [-0.2, 0) is 0 Å². The molecule has 0 saturated heterocycles. The van der Waals surface area contributed by atoms with E-state index in [2.05, 4.69) is 35.8 Å². The second-order valence-corrected chi connectivity index (χ2v) is 8.17. The molecule has 0 fully saturated rings. The summed E-state index contributed by atoms with van der Waals surface area (Å²) in [5, 5.41) is 0. The van der Waals surface area contributed by atoms with Gasteiger partial charge >= 0.3 is 0 Å². The van der Waals surface area contributed by atoms with Crippen molar-refractivity contribution >= 4 is 61.8 Å². The van der Waals surface area contributed by atoms with Gasteiger partial charge in [-0.15, -0.1) is 22.7 Å². The van der Waals surface area contributed by atoms with Gasteiger partial charge in [0.1, 0.15) is 0 Å². The van der Waals surface area contributed by atoms with Gasteiger partial charge in [-0.25, -0.2) is 0 Å². The van der Waals surface area contributed by atoms with Gasteiger partial charge in [-0.1, -0.05) is 39.1 Å². The molecule has 0 N–H and O–H groups in total. The predicted molar refractivity (Wildman–Crippen MR) is 78.9 cm³/mol. The number of hydrogen-bond acceptors (Lipinski definition) is 2. The van der Waals surface area contributed by atoms with Crippen LogP contribution >= 0.6 is 61.8 Å². The Bertz CT molecular complexity index is 470. The summed E-state index contributed by atoms with van der Waals surface area (Å²) < 4.78 is 1.49. The third-order valence-electron chi connectivity index (χ3n) is 2.31. The van der Waals surface area contributed by atoms with E-state index in [9.17, 15) is 0 Å². The summed E-state index contributed by atoms with van der Waals surface area (Å²) in [7, 11) is 0. The van der Waals surface area contributed by atoms with Crippen molar-refractivity contribution in [3.63, 3.8) is 0 Å². The van der Waals surface area contributed by atoms with Gasteiger partial charge in [0.2, 0.25) is 0 Å². The van der Waals surface area contributed by atoms with Crippen LogP contribution in [-0.4, -0.2) is 0 Å². The quantitative estimate of drug-likeness (QED) is 0.561. The molecule has 0 bridgehead atoms. The molecular formula is C11H9BrCl2S2. The number of hydrogen-bond donors (Lipinski definition) is 0. The van der Waals surface area contributed by atoms with E-state index < -0.39 is 0 Å². The standard InChI is InChI=1S/C11H9BrCl2S2/c1-5-3-7(6(2)15-5)10(12)8-4-9(13)16-11(8)14/h3-4,10H,1-2H3. The lowest BCUT2D eigenvalue weighted by atomic mass is 10.1. The minimum absolute atomic E-state index is 0.133. The van der Waals surface area contributed by atoms with Gasteiger partial charge in [0.15, 0.2) is 0 Å². The Kier molecular flexibility index (Phi) is 4.02. The molecule has 0 aromatic carbocycles. The SMILES string of the molecule is Cc1cc(C(Br)c2cc(Cl)sc2Cl)c(C)s1. The maximum atomic E-state index is 6.16. The van der Waals surface area contributed by atoms with Crippen LogP contribution in [0.1, 0.15) is 25.7 Å². The molecule has 2 heterocycles. The summed E-state index contributed by atoms with van der Waals surface area (Å²) in [6, 6.07) is 4.13. The number of alkyl halides is 1. The van der Waals surface area contributed by atoms with Crippen molar-refractivity contribution in [3.8, 4) is 0 Å². The maximum absolute atomic E-state index is 6.16. The predicted octanol–water partition coefficient (Wildman–Crippen LogP) is 6.22. The molecule has 16 heavy (non-hydrogen) atoms. The van der Waals surface area contributed by atoms with Gasteiger partial charge in [-0.2, -0.15) is 0 Å². The molecule has 1 unspecified atom stereocenters. The summed E-state index contributed by atoms with van der Waals surface area (Å²) in [4.78, 5) is 2.76. The van der Waals surface area contributed by atoms with Crippen molar-refractivity contribution < 1.29 is 0 Å². The van der Waals surface area contributed by atoms with Crippen LogP contribution in [0, 0.1) is 13.8 Å². The molecule has 0 aliphatic rings. The van der Waals surface area contributed by atoms with Crippen LogP contribution in [0.5, 0.6) is 0 Å². The van der Waals surface area contributed by atoms with Crippen molar-refractivity contribution in [2.75, 3.05) is 0 Å². The Morgan fingerprint density at radius 3 is 2.25 bits per heavy atom. The molecule has 86 valence electrons. The number of halogens is 3. The van der Waals surface area contributed by atoms with Crippen molar-refractivity contribution in [1.82, 2.24) is 0 Å². The summed E-state index contributed by atoms with van der Waals surface area (Å²) >= 11 is 19.0. The second-order valence-electron chi connectivity index (χ2n) is 3.51. The Hall–Kier alpha value is 0.460. The normalized spacial score (nSPS) is 13.1. The summed E-state index contributed by atoms with van der Waals surface area (Å²) in [5.41, 5.74) is 2.33. The molecule has 2 rings (SSSR count). The molecule has 0 saturated carbocycles. The van der Waals surface area contributed by atoms with Gasteiger partial charge in [0, 0.05) is 15.3 Å². The fraction of sp³-hybridized carbons (Fsp3) is 0.273. The zero-order valence-electron chi connectivity index (χ0n) is 8.68. The van der Waals surface area contributed by atoms with E-state index in [0.29, 0.717) is 0 Å². The van der Waals surface area contributed by atoms with Crippen LogP contribution in [0.15, 0.2) is 12.1 Å². The molecule has 5 heteroatoms. The van der Waals surface area contributed by atoms with Crippen LogP contribution in [0.2, 0.25) is 8.67 Å². The van der Waals surface area contributed by atoms with E-state index in [-0.39, 0.29) is 4.83 Å². The van der Waals surface area contributed by atoms with E-state index in [1.165, 1.54) is 26.7 Å². The molecule has 2 aromatic heterocycles. The van der Waals surface area contributed by atoms with E-state index >= 15 is 0 Å². The minimum atomic E-state index is 0.133. The molecule has 0 radical (unpaired) electrons. The van der Waals surface area contributed by atoms with E-state index in [0.717, 1.165) is 14.2 Å². The van der Waals surface area contributed by atoms with Crippen LogP contribution in [0.4, 0.5) is 0 Å². The Morgan fingerprint density at radius 2 is 1.81 bits per heavy atom. The molecular weight excluding hydrogens is 347 g/mol. The summed E-state index contributed by atoms with van der Waals surface area (Å²) in [6.45, 7) is 4.24. The molecule has 0 nitrogen and oxygen atoms in total. The van der Waals surface area contributed by atoms with E-state index in [1.54, 1.807) is 11.3 Å². The summed E-state index contributed by atoms with van der Waals surface area (Å²) in [5.74, 6) is 0. The van der Waals surface area contributed by atoms with Gasteiger partial charge in [-0.05, 0) is 31.5 Å². The van der Waals surface area contributed by atoms with Gasteiger partial charge in [0.25, 0.3) is 0 Å². The molecule has 2 aromatic rings. The summed E-state index contributed by atoms with van der Waals surface area (Å²) in [6.07, 6.45) is 0. The monoisotopic (exact) mass is 354 g/mol. The Morgan fingerprint density at radius 1 is 1.12 bits per heavy atom. The topological polar surface area (TPSA) is 0 Å². The maximum Gasteiger partial charge on any atom is 0.0990 e. The van der Waals surface area contributed by atoms with Gasteiger partial charge in [0.05, 0.1) is 13.5 Å². The average molecular weight is 356 g/mol. The first-order valence-corrected chi connectivity index (χ1v) is 7.95. The highest BCUT2D eigenvalue weighted by Crippen LogP contribution is 2.43. The van der Waals surface area contributed by atoms with Gasteiger partial charge in [-0.3, -0.25) is 0 Å². The third kappa shape index (κ3) is 2.49. The van der Waals surface area contributed by atoms with Crippen LogP contribution < -0.4 is 0 Å². The van der Waals surface area contributed by atoms with E-state index in [4.69, 9.17) is 23.2 Å². The first-order valence-electron chi connectivity index (χ1n) is 4.64. The number of rotatable bonds is 2. The van der Waals surface area contributed by atoms with Crippen molar-refractivity contribution in [1.29, 1.82) is 0 Å². The molecule has 0 aliphatic heterocycles. The highest BCUT2D eigenvalue weighted by Gasteiger charge is 2.19. The first-order chi connectivity index (χ1) is 7.49. The van der Waals surface area contributed by atoms with Crippen LogP contribution in [0.25, 0.3) is 0 Å². The lowest BCUT2D eigenvalue weighted by molar-refractivity contribution is 1.18. The zero-order valence-corrected chi connectivity index (χ0v) is 13.4. The number of thiophene rings is 2. The fourth-order valence-corrected chi connectivity index (χ4v) is 5.36. The second kappa shape index (κ2) is 4.99. The minimum Gasteiger partial charge on any atom is -0.146 e. The van der Waals surface area contributed by atoms with Crippen molar-refractivity contribution in [2.24, 2.45) is 0 Å². The Labute approximate surface area is 121 Å². The lowest BCUT2D eigenvalue weighted by Gasteiger charge is -2.08. The van der Waals surface area contributed by atoms with Crippen LogP contribution in [0.3, 0.4) is 0 Å². The molecule has 1 atom stereocenters. The first kappa shape index (κ1) is 12.9. The van der Waals surface area contributed by atoms with Crippen molar-refractivity contribution in [2.45, 2.75) is 18.7 Å². The highest BCUT2D eigenvalue weighted by molar-refractivity contribution is 9.09. The highest BCUT2D eigenvalue weighted by atomic mass is 79.9. The zero-order chi connectivity index (χ0) is 11.9. The smallest absolute Gasteiger partial charge is 0.0990 e. The van der Waals surface area contributed by atoms with Gasteiger partial charge < -0.3 is 0 Å². The number of aryl methyl sites for hydroxylation is 2. The third-order valence-corrected chi connectivity index (χ3v) is 5.79. The molecule has 0 spiro atoms. The van der Waals surface area contributed by atoms with Crippen molar-refractivity contribution in [3.05, 3.63) is 41.7 Å². The molecule has 0 aliphatic carbocycles. The van der Waals surface area contributed by atoms with E-state index in [1.807, 2.05) is 6.07 Å². The lowest BCUT2D eigenvalue weighted by Crippen LogP contribution is -1.90. The average Bonchev–Trinajstić information content (AvgIpc) is 2.68.